The number of amides is 2. The van der Waals surface area contributed by atoms with Crippen LogP contribution in [0.15, 0.2) is 42.5 Å². The van der Waals surface area contributed by atoms with Gasteiger partial charge in [-0.3, -0.25) is 14.5 Å². The van der Waals surface area contributed by atoms with Gasteiger partial charge in [-0.15, -0.1) is 0 Å². The van der Waals surface area contributed by atoms with Crippen molar-refractivity contribution in [1.29, 1.82) is 0 Å². The third-order valence-corrected chi connectivity index (χ3v) is 4.30. The Morgan fingerprint density at radius 1 is 1.22 bits per heavy atom. The number of hydrogen-bond acceptors (Lipinski definition) is 5. The minimum atomic E-state index is -0.659. The zero-order valence-electron chi connectivity index (χ0n) is 15.3. The van der Waals surface area contributed by atoms with E-state index in [0.717, 1.165) is 0 Å². The van der Waals surface area contributed by atoms with Crippen molar-refractivity contribution in [2.75, 3.05) is 23.9 Å². The number of carbonyl (C=O) groups is 3. The highest BCUT2D eigenvalue weighted by Gasteiger charge is 2.32. The topological polar surface area (TPSA) is 84.9 Å². The minimum Gasteiger partial charge on any atom is -0.479 e. The van der Waals surface area contributed by atoms with Gasteiger partial charge in [-0.2, -0.15) is 0 Å². The Labute approximate surface area is 156 Å². The largest absolute Gasteiger partial charge is 0.479 e. The van der Waals surface area contributed by atoms with Crippen molar-refractivity contribution in [3.8, 4) is 5.75 Å². The summed E-state index contributed by atoms with van der Waals surface area (Å²) in [4.78, 5) is 38.0. The first-order valence-corrected chi connectivity index (χ1v) is 8.46. The molecule has 1 aliphatic heterocycles. The van der Waals surface area contributed by atoms with Gasteiger partial charge in [0.25, 0.3) is 5.91 Å². The van der Waals surface area contributed by atoms with Crippen molar-refractivity contribution in [2.24, 2.45) is 0 Å². The number of fused-ring (bicyclic) bond motifs is 1. The number of para-hydroxylation sites is 2. The molecule has 0 spiro atoms. The maximum absolute atomic E-state index is 12.5. The molecule has 0 aliphatic carbocycles. The number of nitrogens with zero attached hydrogens (tertiary/aromatic N) is 1. The van der Waals surface area contributed by atoms with Crippen LogP contribution in [0.1, 0.15) is 22.8 Å². The van der Waals surface area contributed by atoms with Crippen LogP contribution in [0.3, 0.4) is 0 Å². The molecule has 0 fully saturated rings. The van der Waals surface area contributed by atoms with Gasteiger partial charge in [-0.25, -0.2) is 4.79 Å². The highest BCUT2D eigenvalue weighted by Crippen LogP contribution is 2.33. The van der Waals surface area contributed by atoms with Gasteiger partial charge in [-0.1, -0.05) is 12.1 Å². The van der Waals surface area contributed by atoms with Gasteiger partial charge in [0.2, 0.25) is 5.91 Å². The first-order valence-electron chi connectivity index (χ1n) is 8.46. The van der Waals surface area contributed by atoms with Crippen molar-refractivity contribution in [3.63, 3.8) is 0 Å². The third-order valence-electron chi connectivity index (χ3n) is 4.30. The number of ether oxygens (including phenoxy) is 2. The van der Waals surface area contributed by atoms with E-state index >= 15 is 0 Å². The average Bonchev–Trinajstić information content (AvgIpc) is 2.66. The SMILES string of the molecule is COC(=O)c1ccc(NC(=O)CN2C(=O)C(C)Oc3ccccc32)c(C)c1. The van der Waals surface area contributed by atoms with Crippen LogP contribution < -0.4 is 15.0 Å². The number of anilines is 2. The number of rotatable bonds is 4. The van der Waals surface area contributed by atoms with Crippen molar-refractivity contribution >= 4 is 29.2 Å². The molecule has 27 heavy (non-hydrogen) atoms. The molecule has 1 heterocycles. The molecule has 1 N–H and O–H groups in total. The van der Waals surface area contributed by atoms with Crippen molar-refractivity contribution in [3.05, 3.63) is 53.6 Å². The molecule has 0 bridgehead atoms. The maximum atomic E-state index is 12.5. The van der Waals surface area contributed by atoms with Crippen molar-refractivity contribution in [2.45, 2.75) is 20.0 Å². The smallest absolute Gasteiger partial charge is 0.337 e. The number of methoxy groups -OCH3 is 1. The summed E-state index contributed by atoms with van der Waals surface area (Å²) in [6.07, 6.45) is -0.659. The molecule has 2 amide bonds. The van der Waals surface area contributed by atoms with E-state index in [-0.39, 0.29) is 18.4 Å². The van der Waals surface area contributed by atoms with E-state index in [1.54, 1.807) is 50.2 Å². The summed E-state index contributed by atoms with van der Waals surface area (Å²) in [5, 5.41) is 2.78. The lowest BCUT2D eigenvalue weighted by atomic mass is 10.1. The summed E-state index contributed by atoms with van der Waals surface area (Å²) in [6, 6.07) is 11.9. The molecule has 140 valence electrons. The zero-order chi connectivity index (χ0) is 19.6. The molecule has 2 aromatic rings. The molecule has 0 radical (unpaired) electrons. The van der Waals surface area contributed by atoms with E-state index in [0.29, 0.717) is 28.3 Å². The first kappa shape index (κ1) is 18.4. The standard InChI is InChI=1S/C20H20N2O5/c1-12-10-14(20(25)26-3)8-9-15(12)21-18(23)11-22-16-6-4-5-7-17(16)27-13(2)19(22)24/h4-10,13H,11H2,1-3H3,(H,21,23). The molecule has 1 unspecified atom stereocenters. The zero-order valence-corrected chi connectivity index (χ0v) is 15.3. The Balaban J connectivity index is 1.76. The average molecular weight is 368 g/mol. The van der Waals surface area contributed by atoms with E-state index in [9.17, 15) is 14.4 Å². The van der Waals surface area contributed by atoms with Crippen molar-refractivity contribution < 1.29 is 23.9 Å². The number of hydrogen-bond donors (Lipinski definition) is 1. The second kappa shape index (κ2) is 7.49. The number of nitrogens with one attached hydrogen (secondary N) is 1. The van der Waals surface area contributed by atoms with Crippen LogP contribution in [0.5, 0.6) is 5.75 Å². The van der Waals surface area contributed by atoms with Crippen LogP contribution >= 0.6 is 0 Å². The van der Waals surface area contributed by atoms with Crippen LogP contribution in [-0.2, 0) is 14.3 Å². The molecule has 7 nitrogen and oxygen atoms in total. The number of esters is 1. The lowest BCUT2D eigenvalue weighted by Gasteiger charge is -2.32. The van der Waals surface area contributed by atoms with Gasteiger partial charge in [0.05, 0.1) is 18.4 Å². The highest BCUT2D eigenvalue weighted by atomic mass is 16.5. The molecule has 0 aromatic heterocycles. The summed E-state index contributed by atoms with van der Waals surface area (Å²) in [5.74, 6) is -0.501. The van der Waals surface area contributed by atoms with Crippen molar-refractivity contribution in [1.82, 2.24) is 0 Å². The van der Waals surface area contributed by atoms with E-state index in [1.807, 2.05) is 6.07 Å². The minimum absolute atomic E-state index is 0.137. The summed E-state index contributed by atoms with van der Waals surface area (Å²) < 4.78 is 10.3. The summed E-state index contributed by atoms with van der Waals surface area (Å²) in [7, 11) is 1.31. The monoisotopic (exact) mass is 368 g/mol. The Morgan fingerprint density at radius 2 is 1.96 bits per heavy atom. The Hall–Kier alpha value is -3.35. The fourth-order valence-electron chi connectivity index (χ4n) is 2.90. The summed E-state index contributed by atoms with van der Waals surface area (Å²) >= 11 is 0. The molecule has 1 aliphatic rings. The quantitative estimate of drug-likeness (QED) is 0.839. The normalized spacial score (nSPS) is 15.6. The lowest BCUT2D eigenvalue weighted by molar-refractivity contribution is -0.127. The second-order valence-corrected chi connectivity index (χ2v) is 6.22. The van der Waals surface area contributed by atoms with Gasteiger partial charge in [0.1, 0.15) is 12.3 Å². The van der Waals surface area contributed by atoms with Crippen LogP contribution in [-0.4, -0.2) is 37.5 Å². The van der Waals surface area contributed by atoms with E-state index in [2.05, 4.69) is 10.1 Å². The Bertz CT molecular complexity index is 909. The lowest BCUT2D eigenvalue weighted by Crippen LogP contribution is -2.47. The van der Waals surface area contributed by atoms with Crippen LogP contribution in [0.2, 0.25) is 0 Å². The van der Waals surface area contributed by atoms with Gasteiger partial charge in [0, 0.05) is 5.69 Å². The van der Waals surface area contributed by atoms with Gasteiger partial charge in [0.15, 0.2) is 6.10 Å². The van der Waals surface area contributed by atoms with Crippen LogP contribution in [0.4, 0.5) is 11.4 Å². The second-order valence-electron chi connectivity index (χ2n) is 6.22. The first-order chi connectivity index (χ1) is 12.9. The summed E-state index contributed by atoms with van der Waals surface area (Å²) in [5.41, 5.74) is 2.25. The van der Waals surface area contributed by atoms with Crippen LogP contribution in [0, 0.1) is 6.92 Å². The molecule has 0 saturated heterocycles. The third kappa shape index (κ3) is 3.76. The van der Waals surface area contributed by atoms with Gasteiger partial charge >= 0.3 is 5.97 Å². The van der Waals surface area contributed by atoms with Crippen LogP contribution in [0.25, 0.3) is 0 Å². The predicted molar refractivity (Wildman–Crippen MR) is 100 cm³/mol. The summed E-state index contributed by atoms with van der Waals surface area (Å²) in [6.45, 7) is 3.29. The number of aryl methyl sites for hydroxylation is 1. The highest BCUT2D eigenvalue weighted by molar-refractivity contribution is 6.06. The molecule has 2 aromatic carbocycles. The fraction of sp³-hybridized carbons (Fsp3) is 0.250. The maximum Gasteiger partial charge on any atom is 0.337 e. The van der Waals surface area contributed by atoms with Gasteiger partial charge < -0.3 is 14.8 Å². The molecular formula is C20H20N2O5. The van der Waals surface area contributed by atoms with Gasteiger partial charge in [-0.05, 0) is 49.7 Å². The fourth-order valence-corrected chi connectivity index (χ4v) is 2.90. The Kier molecular flexibility index (Phi) is 5.12. The molecule has 3 rings (SSSR count). The predicted octanol–water partition coefficient (Wildman–Crippen LogP) is 2.53. The number of benzene rings is 2. The number of carbonyl (C=O) groups excluding carboxylic acids is 3. The Morgan fingerprint density at radius 3 is 2.67 bits per heavy atom. The van der Waals surface area contributed by atoms with E-state index in [4.69, 9.17) is 4.74 Å². The molecule has 7 heteroatoms. The van der Waals surface area contributed by atoms with E-state index in [1.165, 1.54) is 12.0 Å². The molecular weight excluding hydrogens is 348 g/mol. The molecule has 1 atom stereocenters. The molecule has 0 saturated carbocycles. The van der Waals surface area contributed by atoms with E-state index < -0.39 is 12.1 Å².